The first-order valence-electron chi connectivity index (χ1n) is 6.62. The van der Waals surface area contributed by atoms with Crippen LogP contribution in [0.5, 0.6) is 5.75 Å². The molecular weight excluding hydrogens is 244 g/mol. The number of hydrogen-bond acceptors (Lipinski definition) is 4. The van der Waals surface area contributed by atoms with Gasteiger partial charge in [0.15, 0.2) is 5.79 Å². The van der Waals surface area contributed by atoms with E-state index in [0.29, 0.717) is 13.0 Å². The number of aliphatic hydroxyl groups is 1. The van der Waals surface area contributed by atoms with Crippen molar-refractivity contribution in [3.05, 3.63) is 29.8 Å². The normalized spacial score (nSPS) is 26.1. The fraction of sp³-hybridized carbons (Fsp3) is 0.600. The molecule has 0 amide bonds. The van der Waals surface area contributed by atoms with Crippen LogP contribution in [-0.4, -0.2) is 31.2 Å². The summed E-state index contributed by atoms with van der Waals surface area (Å²) in [5, 5.41) is 9.16. The summed E-state index contributed by atoms with van der Waals surface area (Å²) in [6.45, 7) is 4.58. The van der Waals surface area contributed by atoms with E-state index in [2.05, 4.69) is 0 Å². The molecule has 1 aliphatic heterocycles. The Hall–Kier alpha value is -1.10. The van der Waals surface area contributed by atoms with Crippen LogP contribution in [0.2, 0.25) is 0 Å². The van der Waals surface area contributed by atoms with Gasteiger partial charge in [0.05, 0.1) is 19.8 Å². The molecule has 19 heavy (non-hydrogen) atoms. The van der Waals surface area contributed by atoms with Crippen molar-refractivity contribution in [3.63, 3.8) is 0 Å². The van der Waals surface area contributed by atoms with Crippen molar-refractivity contribution in [3.8, 4) is 5.75 Å². The molecule has 106 valence electrons. The van der Waals surface area contributed by atoms with Crippen LogP contribution < -0.4 is 4.74 Å². The van der Waals surface area contributed by atoms with E-state index in [1.54, 1.807) is 7.11 Å². The van der Waals surface area contributed by atoms with Gasteiger partial charge in [-0.25, -0.2) is 0 Å². The highest BCUT2D eigenvalue weighted by molar-refractivity contribution is 5.29. The van der Waals surface area contributed by atoms with Crippen molar-refractivity contribution in [2.75, 3.05) is 20.3 Å². The van der Waals surface area contributed by atoms with E-state index in [1.807, 2.05) is 38.1 Å². The van der Waals surface area contributed by atoms with Crippen molar-refractivity contribution in [1.29, 1.82) is 0 Å². The lowest BCUT2D eigenvalue weighted by Gasteiger charge is -2.41. The minimum Gasteiger partial charge on any atom is -0.497 e. The van der Waals surface area contributed by atoms with Crippen molar-refractivity contribution in [1.82, 2.24) is 0 Å². The predicted octanol–water partition coefficient (Wildman–Crippen LogP) is 2.52. The molecule has 1 N–H and O–H groups in total. The third kappa shape index (κ3) is 3.47. The Labute approximate surface area is 114 Å². The van der Waals surface area contributed by atoms with Gasteiger partial charge in [0.25, 0.3) is 0 Å². The molecule has 1 heterocycles. The van der Waals surface area contributed by atoms with Crippen LogP contribution in [-0.2, 0) is 9.47 Å². The van der Waals surface area contributed by atoms with Crippen LogP contribution in [0.4, 0.5) is 0 Å². The zero-order valence-electron chi connectivity index (χ0n) is 11.8. The topological polar surface area (TPSA) is 47.9 Å². The van der Waals surface area contributed by atoms with Crippen LogP contribution in [0.25, 0.3) is 0 Å². The smallest absolute Gasteiger partial charge is 0.163 e. The lowest BCUT2D eigenvalue weighted by Crippen LogP contribution is -2.41. The lowest BCUT2D eigenvalue weighted by molar-refractivity contribution is -0.297. The molecule has 0 spiro atoms. The lowest BCUT2D eigenvalue weighted by atomic mass is 9.92. The number of hydrogen-bond donors (Lipinski definition) is 1. The van der Waals surface area contributed by atoms with E-state index in [4.69, 9.17) is 19.3 Å². The SMILES string of the molecule is COc1ccc([C@H]2OC(C)(C)OC[C@H]2CCO)cc1. The third-order valence-corrected chi connectivity index (χ3v) is 3.43. The molecule has 1 fully saturated rings. The first-order valence-corrected chi connectivity index (χ1v) is 6.62. The summed E-state index contributed by atoms with van der Waals surface area (Å²) in [5.41, 5.74) is 1.09. The largest absolute Gasteiger partial charge is 0.497 e. The molecular formula is C15H22O4. The minimum absolute atomic E-state index is 0.0539. The van der Waals surface area contributed by atoms with E-state index < -0.39 is 5.79 Å². The average molecular weight is 266 g/mol. The molecule has 2 atom stereocenters. The Bertz CT molecular complexity index is 399. The monoisotopic (exact) mass is 266 g/mol. The first kappa shape index (κ1) is 14.3. The van der Waals surface area contributed by atoms with Crippen LogP contribution in [0, 0.1) is 5.92 Å². The van der Waals surface area contributed by atoms with Gasteiger partial charge < -0.3 is 19.3 Å². The van der Waals surface area contributed by atoms with E-state index in [0.717, 1.165) is 11.3 Å². The molecule has 1 saturated heterocycles. The minimum atomic E-state index is -0.587. The molecule has 0 radical (unpaired) electrons. The van der Waals surface area contributed by atoms with Gasteiger partial charge in [0.1, 0.15) is 5.75 Å². The van der Waals surface area contributed by atoms with Crippen molar-refractivity contribution in [2.45, 2.75) is 32.2 Å². The van der Waals surface area contributed by atoms with Gasteiger partial charge in [-0.05, 0) is 38.0 Å². The Morgan fingerprint density at radius 2 is 2.00 bits per heavy atom. The van der Waals surface area contributed by atoms with Gasteiger partial charge in [0.2, 0.25) is 0 Å². The van der Waals surface area contributed by atoms with Gasteiger partial charge in [-0.3, -0.25) is 0 Å². The van der Waals surface area contributed by atoms with Gasteiger partial charge in [-0.15, -0.1) is 0 Å². The summed E-state index contributed by atoms with van der Waals surface area (Å²) in [6.07, 6.45) is 0.620. The Morgan fingerprint density at radius 1 is 1.32 bits per heavy atom. The van der Waals surface area contributed by atoms with E-state index in [1.165, 1.54) is 0 Å². The van der Waals surface area contributed by atoms with Crippen LogP contribution in [0.3, 0.4) is 0 Å². The van der Waals surface area contributed by atoms with Crippen LogP contribution >= 0.6 is 0 Å². The molecule has 2 rings (SSSR count). The zero-order valence-corrected chi connectivity index (χ0v) is 11.8. The van der Waals surface area contributed by atoms with E-state index in [9.17, 15) is 0 Å². The molecule has 1 aliphatic rings. The van der Waals surface area contributed by atoms with Crippen molar-refractivity contribution < 1.29 is 19.3 Å². The third-order valence-electron chi connectivity index (χ3n) is 3.43. The molecule has 0 saturated carbocycles. The molecule has 0 bridgehead atoms. The summed E-state index contributed by atoms with van der Waals surface area (Å²) in [6, 6.07) is 7.87. The quantitative estimate of drug-likeness (QED) is 0.909. The number of benzene rings is 1. The predicted molar refractivity (Wildman–Crippen MR) is 72.0 cm³/mol. The maximum Gasteiger partial charge on any atom is 0.163 e. The molecule has 4 heteroatoms. The zero-order chi connectivity index (χ0) is 13.9. The summed E-state index contributed by atoms with van der Waals surface area (Å²) in [5.74, 6) is 0.413. The maximum atomic E-state index is 9.16. The van der Waals surface area contributed by atoms with Gasteiger partial charge in [-0.1, -0.05) is 12.1 Å². The second kappa shape index (κ2) is 5.90. The van der Waals surface area contributed by atoms with Gasteiger partial charge in [-0.2, -0.15) is 0 Å². The van der Waals surface area contributed by atoms with Gasteiger partial charge >= 0.3 is 0 Å². The maximum absolute atomic E-state index is 9.16. The molecule has 1 aromatic rings. The first-order chi connectivity index (χ1) is 9.05. The molecule has 4 nitrogen and oxygen atoms in total. The van der Waals surface area contributed by atoms with E-state index >= 15 is 0 Å². The Balaban J connectivity index is 2.20. The van der Waals surface area contributed by atoms with Crippen LogP contribution in [0.1, 0.15) is 31.9 Å². The molecule has 1 aromatic carbocycles. The highest BCUT2D eigenvalue weighted by Crippen LogP contribution is 2.38. The molecule has 0 unspecified atom stereocenters. The summed E-state index contributed by atoms with van der Waals surface area (Å²) < 4.78 is 16.9. The second-order valence-electron chi connectivity index (χ2n) is 5.29. The average Bonchev–Trinajstić information content (AvgIpc) is 2.41. The standard InChI is InChI=1S/C15H22O4/c1-15(2)18-10-12(8-9-16)14(19-15)11-4-6-13(17-3)7-5-11/h4-7,12,14,16H,8-10H2,1-3H3/t12-,14-/m1/s1. The number of rotatable bonds is 4. The molecule has 0 aliphatic carbocycles. The number of aliphatic hydroxyl groups excluding tert-OH is 1. The highest BCUT2D eigenvalue weighted by atomic mass is 16.7. The highest BCUT2D eigenvalue weighted by Gasteiger charge is 2.36. The Kier molecular flexibility index (Phi) is 4.45. The second-order valence-corrected chi connectivity index (χ2v) is 5.29. The van der Waals surface area contributed by atoms with Crippen LogP contribution in [0.15, 0.2) is 24.3 Å². The van der Waals surface area contributed by atoms with E-state index in [-0.39, 0.29) is 18.6 Å². The summed E-state index contributed by atoms with van der Waals surface area (Å²) >= 11 is 0. The fourth-order valence-corrected chi connectivity index (χ4v) is 2.37. The van der Waals surface area contributed by atoms with Crippen molar-refractivity contribution in [2.24, 2.45) is 5.92 Å². The fourth-order valence-electron chi connectivity index (χ4n) is 2.37. The molecule has 0 aromatic heterocycles. The Morgan fingerprint density at radius 3 is 2.58 bits per heavy atom. The number of ether oxygens (including phenoxy) is 3. The van der Waals surface area contributed by atoms with Gasteiger partial charge in [0, 0.05) is 12.5 Å². The number of methoxy groups -OCH3 is 1. The van der Waals surface area contributed by atoms with Crippen molar-refractivity contribution >= 4 is 0 Å². The summed E-state index contributed by atoms with van der Waals surface area (Å²) in [7, 11) is 1.65. The summed E-state index contributed by atoms with van der Waals surface area (Å²) in [4.78, 5) is 0.